The van der Waals surface area contributed by atoms with E-state index in [0.717, 1.165) is 19.7 Å². The van der Waals surface area contributed by atoms with Crippen LogP contribution >= 0.6 is 0 Å². The minimum atomic E-state index is -5.08. The number of aliphatic carboxylic acids is 1. The molecule has 2 heterocycles. The fraction of sp³-hybridized carbons (Fsp3) is 0.909. The standard InChI is InChI=1S/C9H18N2O3S.C2HF3O2/c1-11-3-8-4-14-7-9(8,6-11)5-10-15(2,12)13;3-2(4,5)1(6)7/h8,10H,3-7H2,1-2H3;(H,6,7)/t8-,9+;/m1./s1. The minimum absolute atomic E-state index is 0.00215. The van der Waals surface area contributed by atoms with Gasteiger partial charge in [-0.3, -0.25) is 0 Å². The maximum atomic E-state index is 11.1. The third kappa shape index (κ3) is 5.38. The molecule has 0 aromatic carbocycles. The first-order chi connectivity index (χ1) is 9.86. The highest BCUT2D eigenvalue weighted by Crippen LogP contribution is 2.40. The van der Waals surface area contributed by atoms with Gasteiger partial charge in [-0.1, -0.05) is 0 Å². The molecule has 22 heavy (non-hydrogen) atoms. The van der Waals surface area contributed by atoms with Gasteiger partial charge in [0.15, 0.2) is 0 Å². The molecule has 130 valence electrons. The Balaban J connectivity index is 0.000000295. The summed E-state index contributed by atoms with van der Waals surface area (Å²) in [7, 11) is -1.03. The van der Waals surface area contributed by atoms with Crippen molar-refractivity contribution in [1.82, 2.24) is 9.62 Å². The molecule has 7 nitrogen and oxygen atoms in total. The number of hydrogen-bond donors (Lipinski definition) is 2. The van der Waals surface area contributed by atoms with E-state index in [1.807, 2.05) is 0 Å². The van der Waals surface area contributed by atoms with Gasteiger partial charge in [0.05, 0.1) is 19.5 Å². The maximum absolute atomic E-state index is 11.1. The van der Waals surface area contributed by atoms with E-state index >= 15 is 0 Å². The molecule has 2 aliphatic heterocycles. The topological polar surface area (TPSA) is 95.9 Å². The fourth-order valence-electron chi connectivity index (χ4n) is 2.62. The first-order valence-corrected chi connectivity index (χ1v) is 8.26. The zero-order valence-electron chi connectivity index (χ0n) is 12.2. The van der Waals surface area contributed by atoms with Crippen LogP contribution in [0.3, 0.4) is 0 Å². The highest BCUT2D eigenvalue weighted by atomic mass is 32.2. The number of nitrogens with zero attached hydrogens (tertiary/aromatic N) is 1. The van der Waals surface area contributed by atoms with Crippen molar-refractivity contribution in [2.75, 3.05) is 46.2 Å². The van der Waals surface area contributed by atoms with Gasteiger partial charge in [-0.25, -0.2) is 17.9 Å². The molecule has 0 saturated carbocycles. The van der Waals surface area contributed by atoms with Crippen molar-refractivity contribution in [3.63, 3.8) is 0 Å². The second-order valence-electron chi connectivity index (χ2n) is 5.67. The Hall–Kier alpha value is -0.910. The molecular formula is C11H19F3N2O5S. The largest absolute Gasteiger partial charge is 0.490 e. The summed E-state index contributed by atoms with van der Waals surface area (Å²) in [4.78, 5) is 11.1. The van der Waals surface area contributed by atoms with Crippen molar-refractivity contribution in [3.05, 3.63) is 0 Å². The predicted molar refractivity (Wildman–Crippen MR) is 70.8 cm³/mol. The number of nitrogens with one attached hydrogen (secondary N) is 1. The van der Waals surface area contributed by atoms with Crippen LogP contribution in [0.1, 0.15) is 0 Å². The van der Waals surface area contributed by atoms with Crippen molar-refractivity contribution in [1.29, 1.82) is 0 Å². The lowest BCUT2D eigenvalue weighted by atomic mass is 9.81. The summed E-state index contributed by atoms with van der Waals surface area (Å²) < 4.78 is 62.0. The molecule has 0 aromatic rings. The summed E-state index contributed by atoms with van der Waals surface area (Å²) in [5, 5.41) is 7.12. The number of carbonyl (C=O) groups is 1. The molecule has 2 N–H and O–H groups in total. The van der Waals surface area contributed by atoms with E-state index < -0.39 is 22.2 Å². The van der Waals surface area contributed by atoms with Gasteiger partial charge < -0.3 is 14.7 Å². The lowest BCUT2D eigenvalue weighted by Gasteiger charge is -2.26. The molecule has 2 rings (SSSR count). The van der Waals surface area contributed by atoms with E-state index in [9.17, 15) is 21.6 Å². The van der Waals surface area contributed by atoms with E-state index in [1.54, 1.807) is 0 Å². The zero-order chi connectivity index (χ0) is 17.2. The lowest BCUT2D eigenvalue weighted by molar-refractivity contribution is -0.192. The molecular weight excluding hydrogens is 329 g/mol. The number of carboxylic acid groups (broad SMARTS) is 1. The Kier molecular flexibility index (Phi) is 5.82. The highest BCUT2D eigenvalue weighted by molar-refractivity contribution is 7.88. The molecule has 11 heteroatoms. The smallest absolute Gasteiger partial charge is 0.475 e. The number of ether oxygens (including phenoxy) is 1. The van der Waals surface area contributed by atoms with Gasteiger partial charge in [-0.05, 0) is 7.05 Å². The third-order valence-corrected chi connectivity index (χ3v) is 4.29. The fourth-order valence-corrected chi connectivity index (χ4v) is 3.17. The minimum Gasteiger partial charge on any atom is -0.475 e. The quantitative estimate of drug-likeness (QED) is 0.730. The monoisotopic (exact) mass is 348 g/mol. The summed E-state index contributed by atoms with van der Waals surface area (Å²) in [6, 6.07) is 0. The molecule has 2 saturated heterocycles. The number of hydrogen-bond acceptors (Lipinski definition) is 5. The van der Waals surface area contributed by atoms with Crippen LogP contribution in [-0.2, 0) is 19.6 Å². The molecule has 0 radical (unpaired) electrons. The van der Waals surface area contributed by atoms with E-state index in [0.29, 0.717) is 19.1 Å². The second-order valence-corrected chi connectivity index (χ2v) is 7.50. The van der Waals surface area contributed by atoms with Crippen molar-refractivity contribution in [2.45, 2.75) is 6.18 Å². The van der Waals surface area contributed by atoms with E-state index in [2.05, 4.69) is 16.7 Å². The predicted octanol–water partition coefficient (Wildman–Crippen LogP) is -0.253. The van der Waals surface area contributed by atoms with Crippen LogP contribution in [-0.4, -0.2) is 76.7 Å². The molecule has 0 amide bonds. The van der Waals surface area contributed by atoms with Gasteiger partial charge in [0.2, 0.25) is 10.0 Å². The van der Waals surface area contributed by atoms with Crippen LogP contribution < -0.4 is 4.72 Å². The number of halogens is 3. The average Bonchev–Trinajstić information content (AvgIpc) is 2.81. The number of alkyl halides is 3. The average molecular weight is 348 g/mol. The number of rotatable bonds is 3. The number of likely N-dealkylation sites (tertiary alicyclic amines) is 1. The first-order valence-electron chi connectivity index (χ1n) is 6.37. The van der Waals surface area contributed by atoms with Crippen LogP contribution in [0.4, 0.5) is 13.2 Å². The number of sulfonamides is 1. The molecule has 0 spiro atoms. The summed E-state index contributed by atoms with van der Waals surface area (Å²) >= 11 is 0. The summed E-state index contributed by atoms with van der Waals surface area (Å²) in [5.74, 6) is -2.29. The SMILES string of the molecule is CN1C[C@@H]2COC[C@]2(CNS(C)(=O)=O)C1.O=C(O)C(F)(F)F. The molecule has 2 atom stereocenters. The summed E-state index contributed by atoms with van der Waals surface area (Å²) in [6.45, 7) is 3.85. The van der Waals surface area contributed by atoms with E-state index in [1.165, 1.54) is 6.26 Å². The molecule has 0 aromatic heterocycles. The Morgan fingerprint density at radius 3 is 2.50 bits per heavy atom. The van der Waals surface area contributed by atoms with Crippen LogP contribution in [0.5, 0.6) is 0 Å². The molecule has 0 aliphatic carbocycles. The van der Waals surface area contributed by atoms with Crippen LogP contribution in [0.15, 0.2) is 0 Å². The number of carboxylic acids is 1. The van der Waals surface area contributed by atoms with Gasteiger partial charge in [-0.2, -0.15) is 13.2 Å². The maximum Gasteiger partial charge on any atom is 0.490 e. The first kappa shape index (κ1) is 19.1. The Bertz CT molecular complexity index is 510. The van der Waals surface area contributed by atoms with Gasteiger partial charge in [0, 0.05) is 31.0 Å². The zero-order valence-corrected chi connectivity index (χ0v) is 13.0. The normalized spacial score (nSPS) is 28.9. The Morgan fingerprint density at radius 2 is 2.05 bits per heavy atom. The van der Waals surface area contributed by atoms with Crippen LogP contribution in [0.25, 0.3) is 0 Å². The van der Waals surface area contributed by atoms with Crippen LogP contribution in [0, 0.1) is 11.3 Å². The molecule has 0 unspecified atom stereocenters. The van der Waals surface area contributed by atoms with Crippen molar-refractivity contribution in [2.24, 2.45) is 11.3 Å². The lowest BCUT2D eigenvalue weighted by Crippen LogP contribution is -2.42. The number of fused-ring (bicyclic) bond motifs is 1. The molecule has 0 bridgehead atoms. The van der Waals surface area contributed by atoms with Gasteiger partial charge in [-0.15, -0.1) is 0 Å². The van der Waals surface area contributed by atoms with Crippen molar-refractivity contribution >= 4 is 16.0 Å². The van der Waals surface area contributed by atoms with Gasteiger partial charge >= 0.3 is 12.1 Å². The second kappa shape index (κ2) is 6.69. The van der Waals surface area contributed by atoms with Crippen LogP contribution in [0.2, 0.25) is 0 Å². The third-order valence-electron chi connectivity index (χ3n) is 3.62. The Morgan fingerprint density at radius 1 is 1.50 bits per heavy atom. The van der Waals surface area contributed by atoms with E-state index in [4.69, 9.17) is 14.6 Å². The van der Waals surface area contributed by atoms with Crippen molar-refractivity contribution in [3.8, 4) is 0 Å². The molecule has 2 fully saturated rings. The van der Waals surface area contributed by atoms with E-state index in [-0.39, 0.29) is 5.41 Å². The molecule has 2 aliphatic rings. The van der Waals surface area contributed by atoms with Crippen molar-refractivity contribution < 1.29 is 36.2 Å². The van der Waals surface area contributed by atoms with Gasteiger partial charge in [0.25, 0.3) is 0 Å². The van der Waals surface area contributed by atoms with Gasteiger partial charge in [0.1, 0.15) is 0 Å². The highest BCUT2D eigenvalue weighted by Gasteiger charge is 2.49. The Labute approximate surface area is 126 Å². The summed E-state index contributed by atoms with van der Waals surface area (Å²) in [6.07, 6.45) is -3.88. The summed E-state index contributed by atoms with van der Waals surface area (Å²) in [5.41, 5.74) is -0.00215.